The highest BCUT2D eigenvalue weighted by Gasteiger charge is 2.76. The van der Waals surface area contributed by atoms with Crippen molar-refractivity contribution in [3.63, 3.8) is 0 Å². The summed E-state index contributed by atoms with van der Waals surface area (Å²) in [6.45, 7) is 20.1. The predicted molar refractivity (Wildman–Crippen MR) is 191 cm³/mol. The molecule has 2 rings (SSSR count). The van der Waals surface area contributed by atoms with Crippen molar-refractivity contribution in [2.45, 2.75) is 101 Å². The fourth-order valence-corrected chi connectivity index (χ4v) is 4.62. The molecular formula is C37H60F2N4O5. The van der Waals surface area contributed by atoms with Gasteiger partial charge in [0.05, 0.1) is 12.8 Å². The molecule has 0 radical (unpaired) electrons. The number of hydrogen-bond acceptors (Lipinski definition) is 8. The van der Waals surface area contributed by atoms with E-state index >= 15 is 0 Å². The SMILES string of the molecule is CC.CC.CC/C=C(C)/C(=C\C=C(C)\C(NNC)=C(\CCC)NC)NC(=O)C1C(C(=O)OC)C1(F)F.Cc1ccccc1C(C)OC=O. The first-order chi connectivity index (χ1) is 22.8. The number of carbonyl (C=O) groups excluding carboxylic acids is 3. The second kappa shape index (κ2) is 25.1. The second-order valence-corrected chi connectivity index (χ2v) is 10.3. The van der Waals surface area contributed by atoms with Crippen molar-refractivity contribution in [2.24, 2.45) is 11.8 Å². The Bertz CT molecular complexity index is 1260. The monoisotopic (exact) mass is 678 g/mol. The van der Waals surface area contributed by atoms with Gasteiger partial charge in [0.25, 0.3) is 12.4 Å². The minimum Gasteiger partial charge on any atom is -0.469 e. The highest BCUT2D eigenvalue weighted by molar-refractivity contribution is 5.94. The lowest BCUT2D eigenvalue weighted by Gasteiger charge is -2.17. The molecule has 1 aromatic rings. The number of esters is 1. The van der Waals surface area contributed by atoms with E-state index < -0.39 is 29.6 Å². The molecule has 1 fully saturated rings. The summed E-state index contributed by atoms with van der Waals surface area (Å²) in [4.78, 5) is 34.2. The summed E-state index contributed by atoms with van der Waals surface area (Å²) in [6.07, 6.45) is 7.71. The molecule has 0 saturated heterocycles. The summed E-state index contributed by atoms with van der Waals surface area (Å²) in [7, 11) is 4.63. The molecule has 0 heterocycles. The quantitative estimate of drug-likeness (QED) is 0.0649. The van der Waals surface area contributed by atoms with Gasteiger partial charge in [-0.3, -0.25) is 14.4 Å². The molecule has 1 saturated carbocycles. The Labute approximate surface area is 287 Å². The van der Waals surface area contributed by atoms with E-state index in [1.807, 2.05) is 92.8 Å². The molecule has 9 nitrogen and oxygen atoms in total. The minimum atomic E-state index is -3.41. The number of methoxy groups -OCH3 is 1. The fourth-order valence-electron chi connectivity index (χ4n) is 4.62. The number of aryl methyl sites for hydroxylation is 1. The van der Waals surface area contributed by atoms with Crippen molar-refractivity contribution in [2.75, 3.05) is 21.2 Å². The van der Waals surface area contributed by atoms with E-state index in [0.29, 0.717) is 18.6 Å². The molecule has 1 amide bonds. The van der Waals surface area contributed by atoms with Crippen molar-refractivity contribution in [3.05, 3.63) is 81.9 Å². The summed E-state index contributed by atoms with van der Waals surface area (Å²) in [5.74, 6) is -8.88. The molecule has 272 valence electrons. The molecule has 1 aliphatic carbocycles. The van der Waals surface area contributed by atoms with E-state index in [0.717, 1.165) is 53.6 Å². The highest BCUT2D eigenvalue weighted by atomic mass is 19.3. The van der Waals surface area contributed by atoms with Gasteiger partial charge in [-0.15, -0.1) is 0 Å². The van der Waals surface area contributed by atoms with Crippen LogP contribution in [0.15, 0.2) is 70.7 Å². The number of ether oxygens (including phenoxy) is 2. The van der Waals surface area contributed by atoms with Crippen LogP contribution in [0.4, 0.5) is 8.78 Å². The van der Waals surface area contributed by atoms with Gasteiger partial charge >= 0.3 is 5.97 Å². The van der Waals surface area contributed by atoms with E-state index in [1.165, 1.54) is 0 Å². The van der Waals surface area contributed by atoms with Gasteiger partial charge in [-0.05, 0) is 68.9 Å². The molecule has 3 atom stereocenters. The molecular weight excluding hydrogens is 618 g/mol. The maximum absolute atomic E-state index is 14.0. The lowest BCUT2D eigenvalue weighted by Crippen LogP contribution is -2.30. The van der Waals surface area contributed by atoms with Gasteiger partial charge in [-0.2, -0.15) is 0 Å². The van der Waals surface area contributed by atoms with Crippen LogP contribution < -0.4 is 21.5 Å². The lowest BCUT2D eigenvalue weighted by molar-refractivity contribution is -0.145. The molecule has 1 aromatic carbocycles. The zero-order chi connectivity index (χ0) is 37.4. The van der Waals surface area contributed by atoms with Crippen LogP contribution in [0.1, 0.15) is 98.8 Å². The maximum Gasteiger partial charge on any atom is 0.315 e. The van der Waals surface area contributed by atoms with Gasteiger partial charge in [-0.25, -0.2) is 14.2 Å². The van der Waals surface area contributed by atoms with Crippen LogP contribution in [-0.4, -0.2) is 45.5 Å². The molecule has 4 N–H and O–H groups in total. The van der Waals surface area contributed by atoms with Crippen LogP contribution in [0.3, 0.4) is 0 Å². The molecule has 3 unspecified atom stereocenters. The van der Waals surface area contributed by atoms with Gasteiger partial charge in [0.1, 0.15) is 17.9 Å². The largest absolute Gasteiger partial charge is 0.469 e. The average molecular weight is 679 g/mol. The van der Waals surface area contributed by atoms with E-state index in [-0.39, 0.29) is 6.10 Å². The summed E-state index contributed by atoms with van der Waals surface area (Å²) in [5, 5.41) is 5.77. The molecule has 0 bridgehead atoms. The van der Waals surface area contributed by atoms with Gasteiger partial charge < -0.3 is 25.5 Å². The number of alkyl halides is 2. The number of benzene rings is 1. The molecule has 0 spiro atoms. The van der Waals surface area contributed by atoms with E-state index in [9.17, 15) is 23.2 Å². The van der Waals surface area contributed by atoms with Gasteiger partial charge in [0, 0.05) is 25.5 Å². The van der Waals surface area contributed by atoms with Crippen LogP contribution >= 0.6 is 0 Å². The molecule has 11 heteroatoms. The first kappa shape index (κ1) is 46.1. The lowest BCUT2D eigenvalue weighted by atomic mass is 10.1. The van der Waals surface area contributed by atoms with Crippen LogP contribution in [0.5, 0.6) is 0 Å². The standard InChI is InChI=1S/C23H36F2N4O3.C10H12O2.2C2H6/c1-8-10-14(3)16(28-21(30)18-19(22(31)32-7)23(18,24)25)13-12-15(4)20(29-27-6)17(26-5)11-9-2;1-8-5-3-4-6-10(8)9(2)12-7-11;2*1-2/h10,12-13,18-19,26-27,29H,8-9,11H2,1-7H3,(H,28,30);3-7,9H,1-2H3;2*1-2H3/b14-10+,15-12+,16-13+,20-17+;;;. The number of rotatable bonds is 15. The zero-order valence-corrected chi connectivity index (χ0v) is 31.3. The van der Waals surface area contributed by atoms with Gasteiger partial charge in [-0.1, -0.05) is 84.4 Å². The number of hydrogen-bond donors (Lipinski definition) is 4. The Hall–Kier alpha value is -3.99. The van der Waals surface area contributed by atoms with Crippen molar-refractivity contribution in [1.29, 1.82) is 0 Å². The second-order valence-electron chi connectivity index (χ2n) is 10.3. The Kier molecular flexibility index (Phi) is 24.1. The van der Waals surface area contributed by atoms with Crippen molar-refractivity contribution >= 4 is 18.3 Å². The molecule has 0 aromatic heterocycles. The first-order valence-electron chi connectivity index (χ1n) is 16.7. The first-order valence-corrected chi connectivity index (χ1v) is 16.7. The summed E-state index contributed by atoms with van der Waals surface area (Å²) < 4.78 is 37.3. The Morgan fingerprint density at radius 2 is 1.60 bits per heavy atom. The highest BCUT2D eigenvalue weighted by Crippen LogP contribution is 2.56. The smallest absolute Gasteiger partial charge is 0.315 e. The fraction of sp³-hybridized carbons (Fsp3) is 0.541. The van der Waals surface area contributed by atoms with Crippen molar-refractivity contribution < 1.29 is 32.6 Å². The van der Waals surface area contributed by atoms with Crippen LogP contribution in [0, 0.1) is 18.8 Å². The molecule has 48 heavy (non-hydrogen) atoms. The number of amides is 1. The van der Waals surface area contributed by atoms with Crippen molar-refractivity contribution in [3.8, 4) is 0 Å². The number of carbonyl (C=O) groups is 3. The third kappa shape index (κ3) is 14.4. The van der Waals surface area contributed by atoms with Crippen molar-refractivity contribution in [1.82, 2.24) is 21.5 Å². The van der Waals surface area contributed by atoms with Gasteiger partial charge in [0.2, 0.25) is 5.91 Å². The topological polar surface area (TPSA) is 118 Å². The number of halogens is 2. The normalized spacial score (nSPS) is 17.6. The van der Waals surface area contributed by atoms with Crippen LogP contribution in [-0.2, 0) is 23.9 Å². The summed E-state index contributed by atoms with van der Waals surface area (Å²) in [5.41, 5.74) is 12.1. The maximum atomic E-state index is 14.0. The predicted octanol–water partition coefficient (Wildman–Crippen LogP) is 7.58. The van der Waals surface area contributed by atoms with Crippen LogP contribution in [0.2, 0.25) is 0 Å². The third-order valence-corrected chi connectivity index (χ3v) is 7.12. The van der Waals surface area contributed by atoms with Gasteiger partial charge in [0.15, 0.2) is 0 Å². The third-order valence-electron chi connectivity index (χ3n) is 7.12. The molecule has 0 aliphatic heterocycles. The van der Waals surface area contributed by atoms with E-state index in [4.69, 9.17) is 4.74 Å². The number of hydrazine groups is 1. The van der Waals surface area contributed by atoms with E-state index in [2.05, 4.69) is 33.1 Å². The Balaban J connectivity index is 0. The number of nitrogens with one attached hydrogen (secondary N) is 4. The Morgan fingerprint density at radius 1 is 1.00 bits per heavy atom. The number of allylic oxidation sites excluding steroid dienone is 6. The Morgan fingerprint density at radius 3 is 2.08 bits per heavy atom. The summed E-state index contributed by atoms with van der Waals surface area (Å²) in [6, 6.07) is 7.86. The minimum absolute atomic E-state index is 0.149. The molecule has 1 aliphatic rings. The van der Waals surface area contributed by atoms with Crippen LogP contribution in [0.25, 0.3) is 0 Å². The average Bonchev–Trinajstić information content (AvgIpc) is 3.68. The summed E-state index contributed by atoms with van der Waals surface area (Å²) >= 11 is 0. The van der Waals surface area contributed by atoms with E-state index in [1.54, 1.807) is 26.1 Å². The zero-order valence-electron chi connectivity index (χ0n) is 31.3.